The van der Waals surface area contributed by atoms with Crippen molar-refractivity contribution in [2.75, 3.05) is 18.9 Å². The third kappa shape index (κ3) is 4.58. The van der Waals surface area contributed by atoms with Gasteiger partial charge >= 0.3 is 0 Å². The molecule has 1 heterocycles. The fraction of sp³-hybridized carbons (Fsp3) is 0.444. The van der Waals surface area contributed by atoms with Gasteiger partial charge in [0.2, 0.25) is 11.8 Å². The van der Waals surface area contributed by atoms with Crippen LogP contribution in [0, 0.1) is 0 Å². The molecule has 6 nitrogen and oxygen atoms in total. The van der Waals surface area contributed by atoms with Gasteiger partial charge in [-0.05, 0) is 31.7 Å². The molecule has 0 saturated carbocycles. The van der Waals surface area contributed by atoms with Gasteiger partial charge in [0.05, 0.1) is 12.2 Å². The Morgan fingerprint density at radius 3 is 2.67 bits per heavy atom. The fourth-order valence-corrected chi connectivity index (χ4v) is 2.27. The van der Waals surface area contributed by atoms with Gasteiger partial charge in [0.15, 0.2) is 0 Å². The molecule has 2 rings (SSSR count). The van der Waals surface area contributed by atoms with Crippen molar-refractivity contribution < 1.29 is 14.4 Å². The summed E-state index contributed by atoms with van der Waals surface area (Å²) in [6.45, 7) is 8.26. The van der Waals surface area contributed by atoms with Crippen LogP contribution in [0.4, 0.5) is 5.88 Å². The van der Waals surface area contributed by atoms with Crippen LogP contribution in [0.1, 0.15) is 45.0 Å². The zero-order valence-corrected chi connectivity index (χ0v) is 14.8. The Hall–Kier alpha value is -2.34. The highest BCUT2D eigenvalue weighted by molar-refractivity contribution is 5.91. The Bertz CT molecular complexity index is 704. The molecule has 2 aromatic rings. The van der Waals surface area contributed by atoms with Crippen LogP contribution in [0.15, 0.2) is 34.9 Å². The number of phenols is 1. The zero-order valence-electron chi connectivity index (χ0n) is 14.8. The minimum Gasteiger partial charge on any atom is -0.508 e. The van der Waals surface area contributed by atoms with Crippen molar-refractivity contribution in [2.45, 2.75) is 39.2 Å². The van der Waals surface area contributed by atoms with Gasteiger partial charge in [0, 0.05) is 17.5 Å². The Kier molecular flexibility index (Phi) is 5.29. The zero-order chi connectivity index (χ0) is 17.9. The lowest BCUT2D eigenvalue weighted by Crippen LogP contribution is -2.32. The number of nitrogens with one attached hydrogen (secondary N) is 1. The highest BCUT2D eigenvalue weighted by Crippen LogP contribution is 2.24. The first kappa shape index (κ1) is 18.0. The van der Waals surface area contributed by atoms with Gasteiger partial charge in [-0.25, -0.2) is 0 Å². The molecular formula is C18H25N3O3. The molecule has 0 bridgehead atoms. The topological polar surface area (TPSA) is 78.6 Å². The molecule has 1 unspecified atom stereocenters. The summed E-state index contributed by atoms with van der Waals surface area (Å²) in [7, 11) is 1.86. The first-order valence-corrected chi connectivity index (χ1v) is 7.93. The smallest absolute Gasteiger partial charge is 0.240 e. The van der Waals surface area contributed by atoms with E-state index in [2.05, 4.69) is 10.5 Å². The van der Waals surface area contributed by atoms with Crippen LogP contribution >= 0.6 is 0 Å². The van der Waals surface area contributed by atoms with E-state index in [0.29, 0.717) is 5.88 Å². The summed E-state index contributed by atoms with van der Waals surface area (Å²) in [5, 5.41) is 16.3. The molecule has 24 heavy (non-hydrogen) atoms. The highest BCUT2D eigenvalue weighted by atomic mass is 16.5. The number of phenolic OH excluding ortho intramolecular Hbond substituents is 1. The average molecular weight is 331 g/mol. The summed E-state index contributed by atoms with van der Waals surface area (Å²) in [4.78, 5) is 14.1. The van der Waals surface area contributed by atoms with Crippen molar-refractivity contribution in [3.8, 4) is 5.75 Å². The summed E-state index contributed by atoms with van der Waals surface area (Å²) in [5.74, 6) is 0.387. The van der Waals surface area contributed by atoms with Gasteiger partial charge in [-0.2, -0.15) is 0 Å². The third-order valence-electron chi connectivity index (χ3n) is 3.95. The van der Waals surface area contributed by atoms with Crippen molar-refractivity contribution in [2.24, 2.45) is 0 Å². The van der Waals surface area contributed by atoms with E-state index in [1.807, 2.05) is 45.7 Å². The summed E-state index contributed by atoms with van der Waals surface area (Å²) >= 11 is 0. The second-order valence-corrected chi connectivity index (χ2v) is 7.06. The molecule has 0 saturated heterocycles. The van der Waals surface area contributed by atoms with E-state index in [9.17, 15) is 9.90 Å². The number of carbonyl (C=O) groups is 1. The second-order valence-electron chi connectivity index (χ2n) is 7.06. The number of amides is 1. The molecule has 2 N–H and O–H groups in total. The predicted molar refractivity (Wildman–Crippen MR) is 93.0 cm³/mol. The van der Waals surface area contributed by atoms with Crippen LogP contribution in [0.3, 0.4) is 0 Å². The van der Waals surface area contributed by atoms with Gasteiger partial charge in [0.1, 0.15) is 5.75 Å². The molecule has 0 spiro atoms. The molecule has 1 aromatic carbocycles. The number of aromatic nitrogens is 1. The number of anilines is 1. The maximum atomic E-state index is 12.2. The molecule has 0 aliphatic carbocycles. The number of aromatic hydroxyl groups is 1. The third-order valence-corrected chi connectivity index (χ3v) is 3.95. The van der Waals surface area contributed by atoms with E-state index in [1.54, 1.807) is 24.3 Å². The van der Waals surface area contributed by atoms with Crippen LogP contribution in [0.25, 0.3) is 0 Å². The first-order chi connectivity index (χ1) is 11.2. The van der Waals surface area contributed by atoms with Crippen LogP contribution in [0.2, 0.25) is 0 Å². The molecule has 0 radical (unpaired) electrons. The summed E-state index contributed by atoms with van der Waals surface area (Å²) in [5.41, 5.74) is 1.60. The number of hydrogen-bond acceptors (Lipinski definition) is 5. The number of carbonyl (C=O) groups excluding carboxylic acids is 1. The van der Waals surface area contributed by atoms with Gasteiger partial charge in [-0.3, -0.25) is 15.0 Å². The predicted octanol–water partition coefficient (Wildman–Crippen LogP) is 3.31. The van der Waals surface area contributed by atoms with Gasteiger partial charge in [-0.1, -0.05) is 38.1 Å². The lowest BCUT2D eigenvalue weighted by atomic mass is 9.92. The van der Waals surface area contributed by atoms with E-state index in [4.69, 9.17) is 4.52 Å². The largest absolute Gasteiger partial charge is 0.508 e. The minimum absolute atomic E-state index is 0.0114. The van der Waals surface area contributed by atoms with Gasteiger partial charge in [-0.15, -0.1) is 0 Å². The molecule has 6 heteroatoms. The number of hydrogen-bond donors (Lipinski definition) is 2. The molecule has 0 fully saturated rings. The lowest BCUT2D eigenvalue weighted by molar-refractivity contribution is -0.117. The molecular weight excluding hydrogens is 306 g/mol. The number of rotatable bonds is 5. The number of likely N-dealkylation sites (N-methyl/N-ethyl adjacent to an activating group) is 1. The second kappa shape index (κ2) is 7.05. The van der Waals surface area contributed by atoms with E-state index in [-0.39, 0.29) is 29.7 Å². The van der Waals surface area contributed by atoms with E-state index < -0.39 is 0 Å². The standard InChI is InChI=1S/C18H25N3O3/c1-12(13-7-6-8-14(22)9-13)21(5)11-16(23)19-17-10-15(20-24-17)18(2,3)4/h6-10,12,22H,11H2,1-5H3,(H,19,23). The van der Waals surface area contributed by atoms with Crippen molar-refractivity contribution >= 4 is 11.8 Å². The normalized spacial score (nSPS) is 13.1. The number of nitrogens with zero attached hydrogens (tertiary/aromatic N) is 2. The van der Waals surface area contributed by atoms with Crippen molar-refractivity contribution in [1.29, 1.82) is 0 Å². The Balaban J connectivity index is 1.95. The number of benzene rings is 1. The SMILES string of the molecule is CC(c1cccc(O)c1)N(C)CC(=O)Nc1cc(C(C)(C)C)no1. The Morgan fingerprint density at radius 2 is 2.08 bits per heavy atom. The highest BCUT2D eigenvalue weighted by Gasteiger charge is 2.20. The van der Waals surface area contributed by atoms with Crippen LogP contribution < -0.4 is 5.32 Å². The van der Waals surface area contributed by atoms with E-state index >= 15 is 0 Å². The van der Waals surface area contributed by atoms with Crippen LogP contribution in [0.5, 0.6) is 5.75 Å². The average Bonchev–Trinajstić information content (AvgIpc) is 2.94. The van der Waals surface area contributed by atoms with Crippen molar-refractivity contribution in [1.82, 2.24) is 10.1 Å². The summed E-state index contributed by atoms with van der Waals surface area (Å²) in [6, 6.07) is 8.77. The molecule has 1 atom stereocenters. The Labute approximate surface area is 142 Å². The van der Waals surface area contributed by atoms with Gasteiger partial charge < -0.3 is 9.63 Å². The lowest BCUT2D eigenvalue weighted by Gasteiger charge is -2.24. The molecule has 130 valence electrons. The first-order valence-electron chi connectivity index (χ1n) is 7.93. The maximum absolute atomic E-state index is 12.2. The van der Waals surface area contributed by atoms with Crippen LogP contribution in [-0.4, -0.2) is 34.7 Å². The Morgan fingerprint density at radius 1 is 1.38 bits per heavy atom. The summed E-state index contributed by atoms with van der Waals surface area (Å²) < 4.78 is 5.17. The maximum Gasteiger partial charge on any atom is 0.240 e. The van der Waals surface area contributed by atoms with E-state index in [1.165, 1.54) is 0 Å². The molecule has 1 aromatic heterocycles. The molecule has 0 aliphatic rings. The van der Waals surface area contributed by atoms with Crippen molar-refractivity contribution in [3.63, 3.8) is 0 Å². The minimum atomic E-state index is -0.180. The van der Waals surface area contributed by atoms with Crippen LogP contribution in [-0.2, 0) is 10.2 Å². The molecule has 1 amide bonds. The quantitative estimate of drug-likeness (QED) is 0.879. The monoisotopic (exact) mass is 331 g/mol. The fourth-order valence-electron chi connectivity index (χ4n) is 2.27. The van der Waals surface area contributed by atoms with Gasteiger partial charge in [0.25, 0.3) is 0 Å². The van der Waals surface area contributed by atoms with Crippen molar-refractivity contribution in [3.05, 3.63) is 41.6 Å². The summed E-state index contributed by atoms with van der Waals surface area (Å²) in [6.07, 6.45) is 0. The van der Waals surface area contributed by atoms with E-state index in [0.717, 1.165) is 11.3 Å². The molecule has 0 aliphatic heterocycles.